The summed E-state index contributed by atoms with van der Waals surface area (Å²) in [5, 5.41) is 0. The molecule has 1 atom stereocenters. The Labute approximate surface area is 143 Å². The zero-order chi connectivity index (χ0) is 16.9. The predicted octanol–water partition coefficient (Wildman–Crippen LogP) is 3.03. The number of hydrogen-bond donors (Lipinski definition) is 1. The minimum Gasteiger partial charge on any atom is -0.465 e. The average Bonchev–Trinajstić information content (AvgIpc) is 2.54. The minimum atomic E-state index is -3.90. The Balaban J connectivity index is 2.38. The first-order valence-corrected chi connectivity index (χ1v) is 9.21. The predicted molar refractivity (Wildman–Crippen MR) is 90.3 cm³/mol. The first kappa shape index (κ1) is 17.7. The third kappa shape index (κ3) is 4.40. The molecule has 0 aromatic heterocycles. The summed E-state index contributed by atoms with van der Waals surface area (Å²) in [6, 6.07) is 13.9. The fourth-order valence-electron chi connectivity index (χ4n) is 2.00. The average molecular weight is 398 g/mol. The first-order chi connectivity index (χ1) is 11.0. The molecule has 0 amide bonds. The molecule has 2 aromatic rings. The second-order valence-electron chi connectivity index (χ2n) is 4.65. The fourth-order valence-corrected chi connectivity index (χ4v) is 4.18. The Kier molecular flexibility index (Phi) is 5.92. The van der Waals surface area contributed by atoms with E-state index in [9.17, 15) is 13.2 Å². The lowest BCUT2D eigenvalue weighted by molar-refractivity contribution is -0.145. The van der Waals surface area contributed by atoms with Crippen LogP contribution in [-0.2, 0) is 19.6 Å². The van der Waals surface area contributed by atoms with Crippen LogP contribution in [0.25, 0.3) is 0 Å². The molecule has 0 spiro atoms. The lowest BCUT2D eigenvalue weighted by Gasteiger charge is -2.18. The van der Waals surface area contributed by atoms with Crippen LogP contribution in [0, 0.1) is 0 Å². The van der Waals surface area contributed by atoms with Crippen LogP contribution < -0.4 is 4.72 Å². The van der Waals surface area contributed by atoms with Crippen molar-refractivity contribution in [3.63, 3.8) is 0 Å². The highest BCUT2D eigenvalue weighted by molar-refractivity contribution is 9.10. The molecule has 0 saturated carbocycles. The van der Waals surface area contributed by atoms with E-state index in [0.717, 1.165) is 0 Å². The molecule has 2 aromatic carbocycles. The van der Waals surface area contributed by atoms with Crippen molar-refractivity contribution in [1.82, 2.24) is 4.72 Å². The van der Waals surface area contributed by atoms with E-state index in [-0.39, 0.29) is 11.5 Å². The number of carbonyl (C=O) groups excluding carboxylic acids is 1. The molecule has 0 saturated heterocycles. The summed E-state index contributed by atoms with van der Waals surface area (Å²) in [5.74, 6) is -0.644. The van der Waals surface area contributed by atoms with Crippen molar-refractivity contribution in [2.75, 3.05) is 6.61 Å². The molecule has 0 fully saturated rings. The number of sulfonamides is 1. The van der Waals surface area contributed by atoms with Gasteiger partial charge in [0.2, 0.25) is 10.0 Å². The molecule has 0 aliphatic carbocycles. The van der Waals surface area contributed by atoms with Gasteiger partial charge in [0.05, 0.1) is 11.5 Å². The smallest absolute Gasteiger partial charge is 0.328 e. The summed E-state index contributed by atoms with van der Waals surface area (Å²) in [5.41, 5.74) is 0.515. The van der Waals surface area contributed by atoms with Crippen LogP contribution in [0.4, 0.5) is 0 Å². The van der Waals surface area contributed by atoms with Gasteiger partial charge in [-0.1, -0.05) is 42.5 Å². The zero-order valence-electron chi connectivity index (χ0n) is 12.4. The van der Waals surface area contributed by atoms with Crippen LogP contribution >= 0.6 is 15.9 Å². The molecule has 0 heterocycles. The number of benzene rings is 2. The third-order valence-corrected chi connectivity index (χ3v) is 5.49. The van der Waals surface area contributed by atoms with Crippen LogP contribution in [0.2, 0.25) is 0 Å². The fraction of sp³-hybridized carbons (Fsp3) is 0.188. The zero-order valence-corrected chi connectivity index (χ0v) is 14.8. The number of nitrogens with one attached hydrogen (secondary N) is 1. The monoisotopic (exact) mass is 397 g/mol. The van der Waals surface area contributed by atoms with E-state index in [1.807, 2.05) is 0 Å². The van der Waals surface area contributed by atoms with E-state index in [1.165, 1.54) is 6.07 Å². The molecule has 5 nitrogen and oxygen atoms in total. The molecular weight excluding hydrogens is 382 g/mol. The van der Waals surface area contributed by atoms with Gasteiger partial charge in [-0.25, -0.2) is 13.2 Å². The van der Waals surface area contributed by atoms with Gasteiger partial charge in [-0.15, -0.1) is 0 Å². The third-order valence-electron chi connectivity index (χ3n) is 3.05. The summed E-state index contributed by atoms with van der Waals surface area (Å²) in [4.78, 5) is 12.2. The molecule has 122 valence electrons. The van der Waals surface area contributed by atoms with Crippen LogP contribution in [0.1, 0.15) is 18.5 Å². The van der Waals surface area contributed by atoms with E-state index in [0.29, 0.717) is 10.0 Å². The van der Waals surface area contributed by atoms with Crippen molar-refractivity contribution in [3.05, 3.63) is 64.6 Å². The highest BCUT2D eigenvalue weighted by Crippen LogP contribution is 2.24. The summed E-state index contributed by atoms with van der Waals surface area (Å²) in [7, 11) is -3.90. The van der Waals surface area contributed by atoms with Crippen molar-refractivity contribution in [2.24, 2.45) is 0 Å². The molecule has 1 unspecified atom stereocenters. The number of ether oxygens (including phenoxy) is 1. The maximum Gasteiger partial charge on any atom is 0.328 e. The Morgan fingerprint density at radius 1 is 1.13 bits per heavy atom. The number of rotatable bonds is 6. The first-order valence-electron chi connectivity index (χ1n) is 6.94. The maximum atomic E-state index is 12.6. The topological polar surface area (TPSA) is 72.5 Å². The molecule has 0 bridgehead atoms. The Hall–Kier alpha value is -1.70. The lowest BCUT2D eigenvalue weighted by atomic mass is 10.1. The van der Waals surface area contributed by atoms with Gasteiger partial charge in [-0.05, 0) is 40.5 Å². The standard InChI is InChI=1S/C16H16BrNO4S/c1-2-22-16(19)15(12-8-4-3-5-9-12)18-23(20,21)14-11-7-6-10-13(14)17/h3-11,15,18H,2H2,1H3. The summed E-state index contributed by atoms with van der Waals surface area (Å²) in [6.07, 6.45) is 0. The van der Waals surface area contributed by atoms with E-state index in [1.54, 1.807) is 55.5 Å². The molecule has 0 aliphatic rings. The quantitative estimate of drug-likeness (QED) is 0.760. The van der Waals surface area contributed by atoms with Gasteiger partial charge in [0.1, 0.15) is 6.04 Å². The van der Waals surface area contributed by atoms with Crippen molar-refractivity contribution in [2.45, 2.75) is 17.9 Å². The number of halogens is 1. The minimum absolute atomic E-state index is 0.0604. The van der Waals surface area contributed by atoms with Crippen LogP contribution in [0.5, 0.6) is 0 Å². The highest BCUT2D eigenvalue weighted by atomic mass is 79.9. The molecule has 7 heteroatoms. The summed E-state index contributed by atoms with van der Waals surface area (Å²) >= 11 is 3.21. The van der Waals surface area contributed by atoms with Gasteiger partial charge >= 0.3 is 5.97 Å². The largest absolute Gasteiger partial charge is 0.465 e. The summed E-state index contributed by atoms with van der Waals surface area (Å²) in [6.45, 7) is 1.83. The Morgan fingerprint density at radius 3 is 2.35 bits per heavy atom. The highest BCUT2D eigenvalue weighted by Gasteiger charge is 2.29. The van der Waals surface area contributed by atoms with Crippen LogP contribution in [-0.4, -0.2) is 21.0 Å². The van der Waals surface area contributed by atoms with E-state index in [4.69, 9.17) is 4.74 Å². The SMILES string of the molecule is CCOC(=O)C(NS(=O)(=O)c1ccccc1Br)c1ccccc1. The molecule has 0 aliphatic heterocycles. The van der Waals surface area contributed by atoms with E-state index < -0.39 is 22.0 Å². The lowest BCUT2D eigenvalue weighted by Crippen LogP contribution is -2.35. The normalized spacial score (nSPS) is 12.6. The molecular formula is C16H16BrNO4S. The Bertz CT molecular complexity index is 778. The second-order valence-corrected chi connectivity index (χ2v) is 7.18. The van der Waals surface area contributed by atoms with E-state index in [2.05, 4.69) is 20.7 Å². The second kappa shape index (κ2) is 7.72. The molecule has 1 N–H and O–H groups in total. The maximum absolute atomic E-state index is 12.6. The number of esters is 1. The van der Waals surface area contributed by atoms with Gasteiger partial charge in [0, 0.05) is 4.47 Å². The molecule has 23 heavy (non-hydrogen) atoms. The van der Waals surface area contributed by atoms with Crippen LogP contribution in [0.3, 0.4) is 0 Å². The van der Waals surface area contributed by atoms with Gasteiger partial charge < -0.3 is 4.74 Å². The molecule has 0 radical (unpaired) electrons. The van der Waals surface area contributed by atoms with Crippen LogP contribution in [0.15, 0.2) is 64.0 Å². The van der Waals surface area contributed by atoms with Crippen molar-refractivity contribution in [1.29, 1.82) is 0 Å². The van der Waals surface area contributed by atoms with Gasteiger partial charge in [0.25, 0.3) is 0 Å². The Morgan fingerprint density at radius 2 is 1.74 bits per heavy atom. The summed E-state index contributed by atoms with van der Waals surface area (Å²) < 4.78 is 33.0. The van der Waals surface area contributed by atoms with Gasteiger partial charge in [-0.2, -0.15) is 4.72 Å². The van der Waals surface area contributed by atoms with E-state index >= 15 is 0 Å². The van der Waals surface area contributed by atoms with Gasteiger partial charge in [0.15, 0.2) is 0 Å². The van der Waals surface area contributed by atoms with Crippen molar-refractivity contribution < 1.29 is 17.9 Å². The van der Waals surface area contributed by atoms with Crippen molar-refractivity contribution in [3.8, 4) is 0 Å². The number of carbonyl (C=O) groups is 1. The van der Waals surface area contributed by atoms with Gasteiger partial charge in [-0.3, -0.25) is 0 Å². The molecule has 2 rings (SSSR count). The van der Waals surface area contributed by atoms with Crippen molar-refractivity contribution >= 4 is 31.9 Å². The number of hydrogen-bond acceptors (Lipinski definition) is 4.